The Labute approximate surface area is 153 Å². The van der Waals surface area contributed by atoms with Gasteiger partial charge >= 0.3 is 0 Å². The first-order valence-electron chi connectivity index (χ1n) is 9.02. The number of hydrogen-bond donors (Lipinski definition) is 2. The predicted octanol–water partition coefficient (Wildman–Crippen LogP) is 2.92. The van der Waals surface area contributed by atoms with Crippen LogP contribution in [-0.4, -0.2) is 30.5 Å². The Bertz CT molecular complexity index is 620. The number of nitrogens with one attached hydrogen (secondary N) is 2. The molecular formula is C19H25ClN2O3. The van der Waals surface area contributed by atoms with Crippen LogP contribution in [0.2, 0.25) is 5.02 Å². The molecular weight excluding hydrogens is 340 g/mol. The fraction of sp³-hybridized carbons (Fsp3) is 0.579. The van der Waals surface area contributed by atoms with Crippen LogP contribution in [0, 0.1) is 11.8 Å². The maximum Gasteiger partial charge on any atom is 0.258 e. The van der Waals surface area contributed by atoms with E-state index in [-0.39, 0.29) is 30.5 Å². The Kier molecular flexibility index (Phi) is 5.84. The lowest BCUT2D eigenvalue weighted by Crippen LogP contribution is -2.55. The second-order valence-corrected chi connectivity index (χ2v) is 7.47. The minimum atomic E-state index is -0.132. The Hall–Kier alpha value is -1.75. The number of rotatable bonds is 5. The van der Waals surface area contributed by atoms with Crippen molar-refractivity contribution in [3.8, 4) is 5.75 Å². The molecule has 1 aromatic rings. The van der Waals surface area contributed by atoms with Crippen LogP contribution in [0.5, 0.6) is 5.75 Å². The van der Waals surface area contributed by atoms with Crippen molar-refractivity contribution in [1.82, 2.24) is 10.6 Å². The second-order valence-electron chi connectivity index (χ2n) is 7.03. The van der Waals surface area contributed by atoms with E-state index in [1.54, 1.807) is 24.3 Å². The average Bonchev–Trinajstić information content (AvgIpc) is 2.60. The third kappa shape index (κ3) is 4.66. The summed E-state index contributed by atoms with van der Waals surface area (Å²) in [5.74, 6) is 1.65. The van der Waals surface area contributed by atoms with Crippen molar-refractivity contribution in [2.75, 3.05) is 6.61 Å². The largest absolute Gasteiger partial charge is 0.484 e. The molecule has 2 aliphatic rings. The Morgan fingerprint density at radius 1 is 1.32 bits per heavy atom. The molecule has 0 aromatic heterocycles. The summed E-state index contributed by atoms with van der Waals surface area (Å²) in [7, 11) is 0. The molecule has 0 spiro atoms. The quantitative estimate of drug-likeness (QED) is 0.844. The van der Waals surface area contributed by atoms with Gasteiger partial charge in [0.15, 0.2) is 6.61 Å². The molecule has 4 unspecified atom stereocenters. The highest BCUT2D eigenvalue weighted by molar-refractivity contribution is 6.30. The third-order valence-corrected chi connectivity index (χ3v) is 5.63. The topological polar surface area (TPSA) is 67.4 Å². The van der Waals surface area contributed by atoms with Gasteiger partial charge in [0.05, 0.1) is 0 Å². The van der Waals surface area contributed by atoms with Crippen LogP contribution in [0.25, 0.3) is 0 Å². The summed E-state index contributed by atoms with van der Waals surface area (Å²) >= 11 is 5.83. The van der Waals surface area contributed by atoms with E-state index >= 15 is 0 Å². The number of fused-ring (bicyclic) bond motifs is 1. The van der Waals surface area contributed by atoms with Gasteiger partial charge in [0.1, 0.15) is 5.75 Å². The normalized spacial score (nSPS) is 28.6. The summed E-state index contributed by atoms with van der Waals surface area (Å²) in [6.07, 6.45) is 4.50. The molecule has 1 aliphatic heterocycles. The van der Waals surface area contributed by atoms with E-state index in [2.05, 4.69) is 17.6 Å². The van der Waals surface area contributed by atoms with Gasteiger partial charge in [-0.1, -0.05) is 24.9 Å². The zero-order chi connectivity index (χ0) is 17.8. The molecule has 1 heterocycles. The number of benzene rings is 1. The minimum absolute atomic E-state index is 0.0177. The van der Waals surface area contributed by atoms with Gasteiger partial charge in [0, 0.05) is 23.5 Å². The molecule has 0 radical (unpaired) electrons. The number of piperidine rings is 1. The van der Waals surface area contributed by atoms with Crippen molar-refractivity contribution in [3.63, 3.8) is 0 Å². The van der Waals surface area contributed by atoms with E-state index in [9.17, 15) is 9.59 Å². The molecule has 0 bridgehead atoms. The minimum Gasteiger partial charge on any atom is -0.484 e. The SMILES string of the molecule is CCC1CC(=O)NC2CC(NC(=O)COc3ccc(Cl)cc3)CCC12. The number of carbonyl (C=O) groups excluding carboxylic acids is 2. The van der Waals surface area contributed by atoms with Gasteiger partial charge in [0.25, 0.3) is 5.91 Å². The summed E-state index contributed by atoms with van der Waals surface area (Å²) in [6.45, 7) is 2.14. The number of ether oxygens (including phenoxy) is 1. The summed E-state index contributed by atoms with van der Waals surface area (Å²) in [5, 5.41) is 6.79. The highest BCUT2D eigenvalue weighted by Gasteiger charge is 2.40. The third-order valence-electron chi connectivity index (χ3n) is 5.38. The molecule has 3 rings (SSSR count). The highest BCUT2D eigenvalue weighted by atomic mass is 35.5. The smallest absolute Gasteiger partial charge is 0.258 e. The van der Waals surface area contributed by atoms with Gasteiger partial charge in [0.2, 0.25) is 5.91 Å². The molecule has 1 saturated heterocycles. The summed E-state index contributed by atoms with van der Waals surface area (Å²) in [5.41, 5.74) is 0. The Morgan fingerprint density at radius 3 is 2.80 bits per heavy atom. The van der Waals surface area contributed by atoms with Gasteiger partial charge < -0.3 is 15.4 Å². The molecule has 2 fully saturated rings. The molecule has 136 valence electrons. The standard InChI is InChI=1S/C19H25ClN2O3/c1-2-12-9-18(23)22-17-10-14(5-8-16(12)17)21-19(24)11-25-15-6-3-13(20)4-7-15/h3-4,6-7,12,14,16-17H,2,5,8-11H2,1H3,(H,21,24)(H,22,23). The second kappa shape index (κ2) is 8.09. The fourth-order valence-electron chi connectivity index (χ4n) is 4.11. The van der Waals surface area contributed by atoms with Gasteiger partial charge in [-0.2, -0.15) is 0 Å². The molecule has 1 aromatic carbocycles. The molecule has 5 nitrogen and oxygen atoms in total. The number of amides is 2. The molecule has 1 aliphatic carbocycles. The van der Waals surface area contributed by atoms with Gasteiger partial charge in [-0.3, -0.25) is 9.59 Å². The molecule has 1 saturated carbocycles. The van der Waals surface area contributed by atoms with E-state index in [4.69, 9.17) is 16.3 Å². The lowest BCUT2D eigenvalue weighted by atomic mass is 9.70. The first-order chi connectivity index (χ1) is 12.0. The lowest BCUT2D eigenvalue weighted by molar-refractivity contribution is -0.127. The van der Waals surface area contributed by atoms with Crippen molar-refractivity contribution in [2.24, 2.45) is 11.8 Å². The van der Waals surface area contributed by atoms with E-state index in [0.717, 1.165) is 25.7 Å². The zero-order valence-corrected chi connectivity index (χ0v) is 15.2. The number of halogens is 1. The maximum absolute atomic E-state index is 12.1. The Morgan fingerprint density at radius 2 is 2.08 bits per heavy atom. The van der Waals surface area contributed by atoms with Crippen LogP contribution in [0.3, 0.4) is 0 Å². The van der Waals surface area contributed by atoms with Crippen LogP contribution >= 0.6 is 11.6 Å². The van der Waals surface area contributed by atoms with Gasteiger partial charge in [-0.25, -0.2) is 0 Å². The fourth-order valence-corrected chi connectivity index (χ4v) is 4.23. The summed E-state index contributed by atoms with van der Waals surface area (Å²) < 4.78 is 5.48. The van der Waals surface area contributed by atoms with Crippen molar-refractivity contribution < 1.29 is 14.3 Å². The highest BCUT2D eigenvalue weighted by Crippen LogP contribution is 2.36. The average molecular weight is 365 g/mol. The summed E-state index contributed by atoms with van der Waals surface area (Å²) in [6, 6.07) is 7.21. The van der Waals surface area contributed by atoms with Crippen LogP contribution in [0.1, 0.15) is 39.0 Å². The van der Waals surface area contributed by atoms with Crippen LogP contribution < -0.4 is 15.4 Å². The van der Waals surface area contributed by atoms with Crippen molar-refractivity contribution in [3.05, 3.63) is 29.3 Å². The van der Waals surface area contributed by atoms with Gasteiger partial charge in [-0.15, -0.1) is 0 Å². The van der Waals surface area contributed by atoms with Crippen molar-refractivity contribution in [2.45, 2.75) is 51.1 Å². The number of carbonyl (C=O) groups is 2. The first kappa shape index (κ1) is 18.1. The molecule has 2 N–H and O–H groups in total. The zero-order valence-electron chi connectivity index (χ0n) is 14.5. The number of hydrogen-bond acceptors (Lipinski definition) is 3. The lowest BCUT2D eigenvalue weighted by Gasteiger charge is -2.44. The van der Waals surface area contributed by atoms with Crippen LogP contribution in [-0.2, 0) is 9.59 Å². The first-order valence-corrected chi connectivity index (χ1v) is 9.40. The van der Waals surface area contributed by atoms with E-state index < -0.39 is 0 Å². The molecule has 6 heteroatoms. The van der Waals surface area contributed by atoms with Crippen molar-refractivity contribution in [1.29, 1.82) is 0 Å². The predicted molar refractivity (Wildman–Crippen MR) is 96.5 cm³/mol. The van der Waals surface area contributed by atoms with Crippen LogP contribution in [0.15, 0.2) is 24.3 Å². The monoisotopic (exact) mass is 364 g/mol. The molecule has 4 atom stereocenters. The van der Waals surface area contributed by atoms with E-state index in [0.29, 0.717) is 29.0 Å². The van der Waals surface area contributed by atoms with E-state index in [1.165, 1.54) is 0 Å². The summed E-state index contributed by atoms with van der Waals surface area (Å²) in [4.78, 5) is 24.0. The maximum atomic E-state index is 12.1. The van der Waals surface area contributed by atoms with Crippen molar-refractivity contribution >= 4 is 23.4 Å². The molecule has 2 amide bonds. The van der Waals surface area contributed by atoms with Crippen LogP contribution in [0.4, 0.5) is 0 Å². The van der Waals surface area contributed by atoms with E-state index in [1.807, 2.05) is 0 Å². The van der Waals surface area contributed by atoms with Gasteiger partial charge in [-0.05, 0) is 55.4 Å². The Balaban J connectivity index is 1.48. The molecule has 25 heavy (non-hydrogen) atoms.